The predicted molar refractivity (Wildman–Crippen MR) is 76.9 cm³/mol. The van der Waals surface area contributed by atoms with Crippen molar-refractivity contribution in [3.8, 4) is 0 Å². The molecule has 1 aromatic rings. The number of hydrogen-bond acceptors (Lipinski definition) is 2. The van der Waals surface area contributed by atoms with E-state index in [1.165, 1.54) is 18.5 Å². The van der Waals surface area contributed by atoms with E-state index in [1.807, 2.05) is 6.92 Å². The SMILES string of the molecule is CC[C@H](O)c1ccc(N2CCC(C)CC2C)cc1. The molecular weight excluding hydrogens is 222 g/mol. The largest absolute Gasteiger partial charge is 0.388 e. The van der Waals surface area contributed by atoms with Crippen LogP contribution in [-0.4, -0.2) is 17.7 Å². The molecule has 0 amide bonds. The van der Waals surface area contributed by atoms with Crippen LogP contribution >= 0.6 is 0 Å². The minimum Gasteiger partial charge on any atom is -0.388 e. The zero-order chi connectivity index (χ0) is 13.1. The van der Waals surface area contributed by atoms with E-state index in [-0.39, 0.29) is 6.10 Å². The molecule has 1 aliphatic heterocycles. The van der Waals surface area contributed by atoms with Crippen molar-refractivity contribution in [3.63, 3.8) is 0 Å². The lowest BCUT2D eigenvalue weighted by molar-refractivity contribution is 0.173. The molecule has 2 heteroatoms. The van der Waals surface area contributed by atoms with Crippen molar-refractivity contribution in [1.29, 1.82) is 0 Å². The number of hydrogen-bond donors (Lipinski definition) is 1. The van der Waals surface area contributed by atoms with Crippen molar-refractivity contribution in [3.05, 3.63) is 29.8 Å². The zero-order valence-corrected chi connectivity index (χ0v) is 11.8. The van der Waals surface area contributed by atoms with Crippen LogP contribution in [-0.2, 0) is 0 Å². The fourth-order valence-electron chi connectivity index (χ4n) is 2.91. The van der Waals surface area contributed by atoms with E-state index in [2.05, 4.69) is 43.0 Å². The average Bonchev–Trinajstić information content (AvgIpc) is 2.38. The molecule has 0 saturated carbocycles. The number of piperidine rings is 1. The summed E-state index contributed by atoms with van der Waals surface area (Å²) in [5.74, 6) is 0.845. The number of aliphatic hydroxyl groups excluding tert-OH is 1. The van der Waals surface area contributed by atoms with Gasteiger partial charge in [0.15, 0.2) is 0 Å². The van der Waals surface area contributed by atoms with Crippen molar-refractivity contribution < 1.29 is 5.11 Å². The molecule has 0 radical (unpaired) electrons. The van der Waals surface area contributed by atoms with Crippen LogP contribution in [0.25, 0.3) is 0 Å². The number of benzene rings is 1. The standard InChI is InChI=1S/C16H25NO/c1-4-16(18)14-5-7-15(8-6-14)17-10-9-12(2)11-13(17)3/h5-8,12-13,16,18H,4,9-11H2,1-3H3/t12?,13?,16-/m0/s1. The third-order valence-electron chi connectivity index (χ3n) is 4.13. The summed E-state index contributed by atoms with van der Waals surface area (Å²) in [7, 11) is 0. The molecule has 100 valence electrons. The summed E-state index contributed by atoms with van der Waals surface area (Å²) in [6, 6.07) is 9.06. The Labute approximate surface area is 111 Å². The molecule has 0 aromatic heterocycles. The molecule has 2 rings (SSSR count). The van der Waals surface area contributed by atoms with Gasteiger partial charge in [0.25, 0.3) is 0 Å². The molecule has 1 fully saturated rings. The molecule has 1 N–H and O–H groups in total. The second-order valence-corrected chi connectivity index (χ2v) is 5.69. The molecule has 2 unspecified atom stereocenters. The van der Waals surface area contributed by atoms with Crippen LogP contribution in [0, 0.1) is 5.92 Å². The highest BCUT2D eigenvalue weighted by molar-refractivity contribution is 5.49. The molecule has 0 spiro atoms. The monoisotopic (exact) mass is 247 g/mol. The lowest BCUT2D eigenvalue weighted by Crippen LogP contribution is -2.40. The van der Waals surface area contributed by atoms with E-state index in [1.54, 1.807) is 0 Å². The summed E-state index contributed by atoms with van der Waals surface area (Å²) in [4.78, 5) is 2.49. The first-order valence-corrected chi connectivity index (χ1v) is 7.16. The molecule has 1 aliphatic rings. The number of aliphatic hydroxyl groups is 1. The molecule has 1 heterocycles. The lowest BCUT2D eigenvalue weighted by Gasteiger charge is -2.38. The van der Waals surface area contributed by atoms with E-state index in [9.17, 15) is 5.11 Å². The van der Waals surface area contributed by atoms with Crippen molar-refractivity contribution in [2.75, 3.05) is 11.4 Å². The molecule has 18 heavy (non-hydrogen) atoms. The molecule has 0 bridgehead atoms. The molecule has 3 atom stereocenters. The van der Waals surface area contributed by atoms with Crippen molar-refractivity contribution in [1.82, 2.24) is 0 Å². The van der Waals surface area contributed by atoms with Gasteiger partial charge in [-0.3, -0.25) is 0 Å². The Kier molecular flexibility index (Phi) is 4.28. The van der Waals surface area contributed by atoms with Gasteiger partial charge in [0.2, 0.25) is 0 Å². The Morgan fingerprint density at radius 1 is 1.28 bits per heavy atom. The van der Waals surface area contributed by atoms with Crippen molar-refractivity contribution in [2.24, 2.45) is 5.92 Å². The van der Waals surface area contributed by atoms with Crippen molar-refractivity contribution in [2.45, 2.75) is 52.2 Å². The summed E-state index contributed by atoms with van der Waals surface area (Å²) in [5.41, 5.74) is 2.32. The van der Waals surface area contributed by atoms with E-state index < -0.39 is 0 Å². The van der Waals surface area contributed by atoms with Gasteiger partial charge in [-0.05, 0) is 49.8 Å². The van der Waals surface area contributed by atoms with Crippen LogP contribution in [0.2, 0.25) is 0 Å². The highest BCUT2D eigenvalue weighted by Gasteiger charge is 2.22. The number of nitrogens with zero attached hydrogens (tertiary/aromatic N) is 1. The Morgan fingerprint density at radius 2 is 1.94 bits per heavy atom. The normalized spacial score (nSPS) is 26.1. The second-order valence-electron chi connectivity index (χ2n) is 5.69. The minimum atomic E-state index is -0.321. The predicted octanol–water partition coefficient (Wildman–Crippen LogP) is 3.75. The topological polar surface area (TPSA) is 23.5 Å². The van der Waals surface area contributed by atoms with Gasteiger partial charge < -0.3 is 10.0 Å². The second kappa shape index (κ2) is 5.75. The van der Waals surface area contributed by atoms with Gasteiger partial charge in [-0.2, -0.15) is 0 Å². The molecular formula is C16H25NO. The summed E-state index contributed by atoms with van der Waals surface area (Å²) in [6.45, 7) is 7.81. The fourth-order valence-corrected chi connectivity index (χ4v) is 2.91. The van der Waals surface area contributed by atoms with Crippen molar-refractivity contribution >= 4 is 5.69 Å². The van der Waals surface area contributed by atoms with E-state index in [0.717, 1.165) is 24.4 Å². The summed E-state index contributed by atoms with van der Waals surface area (Å²) in [5, 5.41) is 9.80. The van der Waals surface area contributed by atoms with Crippen LogP contribution in [0.3, 0.4) is 0 Å². The number of rotatable bonds is 3. The number of anilines is 1. The molecule has 0 aliphatic carbocycles. The molecule has 1 aromatic carbocycles. The minimum absolute atomic E-state index is 0.321. The van der Waals surface area contributed by atoms with Gasteiger partial charge in [-0.1, -0.05) is 26.0 Å². The van der Waals surface area contributed by atoms with E-state index in [4.69, 9.17) is 0 Å². The maximum atomic E-state index is 9.80. The van der Waals surface area contributed by atoms with Gasteiger partial charge >= 0.3 is 0 Å². The molecule has 1 saturated heterocycles. The van der Waals surface area contributed by atoms with Crippen LogP contribution in [0.5, 0.6) is 0 Å². The first kappa shape index (κ1) is 13.4. The summed E-state index contributed by atoms with van der Waals surface area (Å²) < 4.78 is 0. The van der Waals surface area contributed by atoms with Gasteiger partial charge in [-0.25, -0.2) is 0 Å². The Morgan fingerprint density at radius 3 is 2.50 bits per heavy atom. The van der Waals surface area contributed by atoms with Crippen LogP contribution in [0.1, 0.15) is 51.7 Å². The highest BCUT2D eigenvalue weighted by atomic mass is 16.3. The first-order valence-electron chi connectivity index (χ1n) is 7.16. The third-order valence-corrected chi connectivity index (χ3v) is 4.13. The van der Waals surface area contributed by atoms with Gasteiger partial charge in [0.1, 0.15) is 0 Å². The molecule has 2 nitrogen and oxygen atoms in total. The maximum Gasteiger partial charge on any atom is 0.0787 e. The van der Waals surface area contributed by atoms with Crippen LogP contribution in [0.15, 0.2) is 24.3 Å². The van der Waals surface area contributed by atoms with E-state index >= 15 is 0 Å². The van der Waals surface area contributed by atoms with E-state index in [0.29, 0.717) is 6.04 Å². The smallest absolute Gasteiger partial charge is 0.0787 e. The Bertz CT molecular complexity index is 373. The summed E-state index contributed by atoms with van der Waals surface area (Å²) >= 11 is 0. The van der Waals surface area contributed by atoms with Gasteiger partial charge in [-0.15, -0.1) is 0 Å². The highest BCUT2D eigenvalue weighted by Crippen LogP contribution is 2.28. The maximum absolute atomic E-state index is 9.80. The fraction of sp³-hybridized carbons (Fsp3) is 0.625. The lowest BCUT2D eigenvalue weighted by atomic mass is 9.93. The van der Waals surface area contributed by atoms with Gasteiger partial charge in [0.05, 0.1) is 6.10 Å². The average molecular weight is 247 g/mol. The Hall–Kier alpha value is -1.02. The van der Waals surface area contributed by atoms with Crippen LogP contribution < -0.4 is 4.90 Å². The van der Waals surface area contributed by atoms with Crippen LogP contribution in [0.4, 0.5) is 5.69 Å². The van der Waals surface area contributed by atoms with Gasteiger partial charge in [0, 0.05) is 18.3 Å². The summed E-state index contributed by atoms with van der Waals surface area (Å²) in [6.07, 6.45) is 3.01. The first-order chi connectivity index (χ1) is 8.61. The quantitative estimate of drug-likeness (QED) is 0.879. The third kappa shape index (κ3) is 2.86. The zero-order valence-electron chi connectivity index (χ0n) is 11.8. The Balaban J connectivity index is 2.09.